The highest BCUT2D eigenvalue weighted by molar-refractivity contribution is 7.99. The van der Waals surface area contributed by atoms with E-state index in [1.165, 1.54) is 11.9 Å². The molecule has 1 aliphatic carbocycles. The summed E-state index contributed by atoms with van der Waals surface area (Å²) in [6.45, 7) is 6.79. The number of nitrogens with one attached hydrogen (secondary N) is 6. The minimum atomic E-state index is -0.635. The summed E-state index contributed by atoms with van der Waals surface area (Å²) in [6, 6.07) is 0.350. The van der Waals surface area contributed by atoms with Gasteiger partial charge in [0.05, 0.1) is 6.17 Å². The highest BCUT2D eigenvalue weighted by Crippen LogP contribution is 2.31. The first-order chi connectivity index (χ1) is 13.4. The van der Waals surface area contributed by atoms with Crippen molar-refractivity contribution in [3.8, 4) is 0 Å². The quantitative estimate of drug-likeness (QED) is 0.226. The van der Waals surface area contributed by atoms with Crippen molar-refractivity contribution in [1.29, 1.82) is 0 Å². The Morgan fingerprint density at radius 1 is 1.21 bits per heavy atom. The minimum Gasteiger partial charge on any atom is -0.339 e. The maximum absolute atomic E-state index is 13.4. The highest BCUT2D eigenvalue weighted by atomic mass is 32.2. The van der Waals surface area contributed by atoms with Crippen LogP contribution in [0.15, 0.2) is 4.99 Å². The van der Waals surface area contributed by atoms with Gasteiger partial charge in [-0.2, -0.15) is 0 Å². The third kappa shape index (κ3) is 6.03. The fourth-order valence-electron chi connectivity index (χ4n) is 3.86. The van der Waals surface area contributed by atoms with Crippen molar-refractivity contribution < 1.29 is 9.18 Å². The van der Waals surface area contributed by atoms with E-state index in [2.05, 4.69) is 50.6 Å². The minimum absolute atomic E-state index is 0.0239. The fourth-order valence-corrected chi connectivity index (χ4v) is 4.68. The number of rotatable bonds is 5. The molecule has 1 saturated carbocycles. The molecule has 3 aliphatic rings. The van der Waals surface area contributed by atoms with Crippen LogP contribution in [0.2, 0.25) is 0 Å². The zero-order chi connectivity index (χ0) is 20.1. The Kier molecular flexibility index (Phi) is 7.93. The lowest BCUT2D eigenvalue weighted by atomic mass is 9.82. The molecular formula is C18H34FN7OS. The Bertz CT molecular complexity index is 556. The molecule has 0 spiro atoms. The van der Waals surface area contributed by atoms with E-state index in [-0.39, 0.29) is 23.4 Å². The third-order valence-electron chi connectivity index (χ3n) is 5.56. The van der Waals surface area contributed by atoms with Gasteiger partial charge in [0.2, 0.25) is 5.91 Å². The lowest BCUT2D eigenvalue weighted by Gasteiger charge is -2.28. The van der Waals surface area contributed by atoms with Gasteiger partial charge in [-0.15, -0.1) is 0 Å². The first-order valence-electron chi connectivity index (χ1n) is 10.4. The molecule has 0 bridgehead atoms. The van der Waals surface area contributed by atoms with Gasteiger partial charge in [-0.3, -0.25) is 20.5 Å². The molecule has 160 valence electrons. The van der Waals surface area contributed by atoms with Crippen LogP contribution in [0.25, 0.3) is 0 Å². The van der Waals surface area contributed by atoms with E-state index >= 15 is 0 Å². The molecule has 2 heterocycles. The number of aliphatic imine (C=N–C) groups is 1. The molecule has 2 saturated heterocycles. The van der Waals surface area contributed by atoms with Crippen molar-refractivity contribution in [3.63, 3.8) is 0 Å². The van der Waals surface area contributed by atoms with Crippen LogP contribution in [0.4, 0.5) is 4.39 Å². The Morgan fingerprint density at radius 2 is 1.96 bits per heavy atom. The molecule has 4 atom stereocenters. The van der Waals surface area contributed by atoms with E-state index in [0.717, 1.165) is 19.3 Å². The molecule has 3 fully saturated rings. The molecule has 0 radical (unpaired) electrons. The van der Waals surface area contributed by atoms with E-state index in [9.17, 15) is 9.18 Å². The van der Waals surface area contributed by atoms with Crippen LogP contribution in [0, 0.1) is 11.8 Å². The van der Waals surface area contributed by atoms with Crippen molar-refractivity contribution >= 4 is 23.8 Å². The summed E-state index contributed by atoms with van der Waals surface area (Å²) in [7, 11) is 0. The number of halogens is 1. The van der Waals surface area contributed by atoms with Gasteiger partial charge in [0.1, 0.15) is 11.4 Å². The van der Waals surface area contributed by atoms with Crippen molar-refractivity contribution in [2.45, 2.75) is 82.5 Å². The van der Waals surface area contributed by atoms with Gasteiger partial charge < -0.3 is 5.32 Å². The number of guanidine groups is 1. The number of carbonyl (C=O) groups is 1. The van der Waals surface area contributed by atoms with Crippen LogP contribution in [0.1, 0.15) is 52.9 Å². The molecule has 1 amide bonds. The monoisotopic (exact) mass is 415 g/mol. The first-order valence-corrected chi connectivity index (χ1v) is 11.2. The molecule has 10 heteroatoms. The van der Waals surface area contributed by atoms with Gasteiger partial charge in [0.25, 0.3) is 0 Å². The average molecular weight is 416 g/mol. The van der Waals surface area contributed by atoms with E-state index in [1.807, 2.05) is 6.92 Å². The normalized spacial score (nSPS) is 36.7. The van der Waals surface area contributed by atoms with Gasteiger partial charge in [0.15, 0.2) is 5.96 Å². The molecule has 0 aromatic rings. The van der Waals surface area contributed by atoms with E-state index in [1.54, 1.807) is 0 Å². The number of nitrogens with zero attached hydrogens (tertiary/aromatic N) is 1. The summed E-state index contributed by atoms with van der Waals surface area (Å²) in [5.74, 6) is 1.32. The van der Waals surface area contributed by atoms with Gasteiger partial charge in [0, 0.05) is 18.6 Å². The second-order valence-electron chi connectivity index (χ2n) is 8.49. The lowest BCUT2D eigenvalue weighted by Crippen LogP contribution is -2.53. The summed E-state index contributed by atoms with van der Waals surface area (Å²) in [5.41, 5.74) is 9.65. The number of hydrogen-bond donors (Lipinski definition) is 6. The van der Waals surface area contributed by atoms with Gasteiger partial charge in [-0.05, 0) is 50.9 Å². The molecule has 0 aromatic carbocycles. The van der Waals surface area contributed by atoms with E-state index < -0.39 is 6.17 Å². The second kappa shape index (κ2) is 10.2. The molecule has 2 aliphatic heterocycles. The summed E-state index contributed by atoms with van der Waals surface area (Å²) >= 11 is 1.37. The molecule has 28 heavy (non-hydrogen) atoms. The average Bonchev–Trinajstić information content (AvgIpc) is 3.29. The highest BCUT2D eigenvalue weighted by Gasteiger charge is 2.35. The zero-order valence-electron chi connectivity index (χ0n) is 16.9. The van der Waals surface area contributed by atoms with Gasteiger partial charge in [-0.1, -0.05) is 25.8 Å². The molecular weight excluding hydrogens is 381 g/mol. The number of hydrogen-bond acceptors (Lipinski definition) is 7. The van der Waals surface area contributed by atoms with E-state index in [0.29, 0.717) is 43.2 Å². The summed E-state index contributed by atoms with van der Waals surface area (Å²) < 4.78 is 13.4. The smallest absolute Gasteiger partial charge is 0.242 e. The standard InChI is InChI=1S/C18H34FN7OS/c1-10(2)9-20-18(22-17(27)16-11(3)23-26-28-16)21-15-8-14(24-25-15)12-4-6-13(19)7-5-12/h10-16,23-26H,4-9H2,1-3H3,(H2,20,21,22,27). The largest absolute Gasteiger partial charge is 0.339 e. The maximum atomic E-state index is 13.4. The number of hydrazine groups is 2. The van der Waals surface area contributed by atoms with Gasteiger partial charge in [-0.25, -0.2) is 20.1 Å². The lowest BCUT2D eigenvalue weighted by molar-refractivity contribution is -0.119. The Morgan fingerprint density at radius 3 is 2.61 bits per heavy atom. The summed E-state index contributed by atoms with van der Waals surface area (Å²) in [4.78, 5) is 20.1. The Balaban J connectivity index is 1.54. The zero-order valence-corrected chi connectivity index (χ0v) is 17.7. The summed E-state index contributed by atoms with van der Waals surface area (Å²) in [5, 5.41) is 6.07. The predicted octanol–water partition coefficient (Wildman–Crippen LogP) is 0.938. The van der Waals surface area contributed by atoms with E-state index in [4.69, 9.17) is 0 Å². The first kappa shape index (κ1) is 21.8. The van der Waals surface area contributed by atoms with Crippen molar-refractivity contribution in [3.05, 3.63) is 0 Å². The van der Waals surface area contributed by atoms with Crippen molar-refractivity contribution in [2.75, 3.05) is 6.54 Å². The van der Waals surface area contributed by atoms with Gasteiger partial charge >= 0.3 is 0 Å². The fraction of sp³-hybridized carbons (Fsp3) is 0.889. The molecule has 0 aromatic heterocycles. The number of amides is 1. The Hall–Kier alpha value is -0.940. The topological polar surface area (TPSA) is 102 Å². The SMILES string of the molecule is CC(C)CN=C(NC(=O)C1SNNC1C)NC1CC(C2CCC(F)CC2)NN1. The molecule has 4 unspecified atom stereocenters. The second-order valence-corrected chi connectivity index (χ2v) is 9.43. The summed E-state index contributed by atoms with van der Waals surface area (Å²) in [6.07, 6.45) is 3.39. The predicted molar refractivity (Wildman–Crippen MR) is 111 cm³/mol. The Labute approximate surface area is 171 Å². The van der Waals surface area contributed by atoms with Crippen LogP contribution >= 0.6 is 11.9 Å². The van der Waals surface area contributed by atoms with Crippen molar-refractivity contribution in [2.24, 2.45) is 16.8 Å². The molecule has 6 N–H and O–H groups in total. The van der Waals surface area contributed by atoms with Crippen LogP contribution in [-0.2, 0) is 4.79 Å². The third-order valence-corrected chi connectivity index (χ3v) is 6.67. The van der Waals surface area contributed by atoms with Crippen LogP contribution in [0.5, 0.6) is 0 Å². The molecule has 3 rings (SSSR count). The van der Waals surface area contributed by atoms with Crippen LogP contribution in [0.3, 0.4) is 0 Å². The maximum Gasteiger partial charge on any atom is 0.242 e. The molecule has 8 nitrogen and oxygen atoms in total. The van der Waals surface area contributed by atoms with Crippen LogP contribution in [-0.4, -0.2) is 48.1 Å². The van der Waals surface area contributed by atoms with Crippen LogP contribution < -0.4 is 31.7 Å². The number of carbonyl (C=O) groups excluding carboxylic acids is 1. The number of alkyl halides is 1. The van der Waals surface area contributed by atoms with Crippen molar-refractivity contribution in [1.82, 2.24) is 31.7 Å².